The minimum absolute atomic E-state index is 0.153. The Morgan fingerprint density at radius 3 is 2.84 bits per heavy atom. The number of rotatable bonds is 4. The zero-order chi connectivity index (χ0) is 21.5. The predicted molar refractivity (Wildman–Crippen MR) is 124 cm³/mol. The molecule has 0 radical (unpaired) electrons. The van der Waals surface area contributed by atoms with Crippen molar-refractivity contribution < 1.29 is 4.79 Å². The Hall–Kier alpha value is -2.47. The van der Waals surface area contributed by atoms with Crippen LogP contribution < -0.4 is 9.80 Å². The van der Waals surface area contributed by atoms with Crippen molar-refractivity contribution >= 4 is 17.4 Å². The summed E-state index contributed by atoms with van der Waals surface area (Å²) in [7, 11) is 1.84. The number of anilines is 2. The molecule has 1 atom stereocenters. The minimum atomic E-state index is 0.153. The first-order chi connectivity index (χ1) is 15.0. The third-order valence-corrected chi connectivity index (χ3v) is 7.28. The standard InChI is InChI=1S/C25H33N5O/c1-4-30-13-11-19-14-18(7-9-22(19)30)15-29-12-5-6-20(16-29)24-26-17(2)21-8-10-23(31)28(3)25(21)27-24/h7,9,14,20H,4-6,8,10-13,15-16H2,1-3H3. The highest BCUT2D eigenvalue weighted by Crippen LogP contribution is 2.33. The number of fused-ring (bicyclic) bond motifs is 2. The summed E-state index contributed by atoms with van der Waals surface area (Å²) in [6.45, 7) is 9.62. The van der Waals surface area contributed by atoms with Crippen molar-refractivity contribution in [1.29, 1.82) is 0 Å². The van der Waals surface area contributed by atoms with Crippen LogP contribution in [0.2, 0.25) is 0 Å². The Morgan fingerprint density at radius 1 is 1.13 bits per heavy atom. The van der Waals surface area contributed by atoms with Crippen molar-refractivity contribution in [1.82, 2.24) is 14.9 Å². The maximum absolute atomic E-state index is 12.2. The van der Waals surface area contributed by atoms with Gasteiger partial charge in [0.2, 0.25) is 5.91 Å². The number of benzene rings is 1. The highest BCUT2D eigenvalue weighted by Gasteiger charge is 2.29. The fourth-order valence-electron chi connectivity index (χ4n) is 5.49. The van der Waals surface area contributed by atoms with Crippen LogP contribution in [-0.2, 0) is 24.2 Å². The fraction of sp³-hybridized carbons (Fsp3) is 0.560. The third-order valence-electron chi connectivity index (χ3n) is 7.28. The van der Waals surface area contributed by atoms with Crippen LogP contribution in [0.25, 0.3) is 0 Å². The molecule has 5 rings (SSSR count). The Bertz CT molecular complexity index is 1000. The van der Waals surface area contributed by atoms with E-state index in [0.29, 0.717) is 12.3 Å². The summed E-state index contributed by atoms with van der Waals surface area (Å²) in [5.74, 6) is 2.22. The van der Waals surface area contributed by atoms with Gasteiger partial charge in [-0.05, 0) is 63.3 Å². The van der Waals surface area contributed by atoms with Gasteiger partial charge in [0.05, 0.1) is 0 Å². The number of likely N-dealkylation sites (tertiary alicyclic amines) is 1. The molecule has 1 saturated heterocycles. The number of nitrogens with zero attached hydrogens (tertiary/aromatic N) is 5. The molecule has 0 aliphatic carbocycles. The van der Waals surface area contributed by atoms with Gasteiger partial charge in [-0.25, -0.2) is 9.97 Å². The van der Waals surface area contributed by atoms with Crippen molar-refractivity contribution in [2.75, 3.05) is 43.0 Å². The summed E-state index contributed by atoms with van der Waals surface area (Å²) >= 11 is 0. The first-order valence-electron chi connectivity index (χ1n) is 11.8. The average molecular weight is 420 g/mol. The molecule has 0 saturated carbocycles. The lowest BCUT2D eigenvalue weighted by Gasteiger charge is -2.33. The number of hydrogen-bond donors (Lipinski definition) is 0. The zero-order valence-electron chi connectivity index (χ0n) is 19.0. The molecule has 3 aliphatic rings. The number of aromatic nitrogens is 2. The molecule has 0 N–H and O–H groups in total. The molecule has 4 heterocycles. The Balaban J connectivity index is 1.32. The van der Waals surface area contributed by atoms with E-state index in [1.54, 1.807) is 4.90 Å². The van der Waals surface area contributed by atoms with Gasteiger partial charge in [0.25, 0.3) is 0 Å². The largest absolute Gasteiger partial charge is 0.371 e. The number of likely N-dealkylation sites (N-methyl/N-ethyl adjacent to an activating group) is 1. The zero-order valence-corrected chi connectivity index (χ0v) is 19.0. The van der Waals surface area contributed by atoms with E-state index in [2.05, 4.69) is 41.8 Å². The summed E-state index contributed by atoms with van der Waals surface area (Å²) in [6, 6.07) is 7.02. The lowest BCUT2D eigenvalue weighted by molar-refractivity contribution is -0.118. The van der Waals surface area contributed by atoms with Crippen LogP contribution in [0.15, 0.2) is 18.2 Å². The molecule has 1 unspecified atom stereocenters. The predicted octanol–water partition coefficient (Wildman–Crippen LogP) is 3.46. The SMILES string of the molecule is CCN1CCc2cc(CN3CCCC(c4nc(C)c5c(n4)N(C)C(=O)CC5)C3)ccc21. The number of carbonyl (C=O) groups is 1. The van der Waals surface area contributed by atoms with Crippen LogP contribution in [0.1, 0.15) is 60.3 Å². The van der Waals surface area contributed by atoms with E-state index in [1.807, 2.05) is 7.05 Å². The van der Waals surface area contributed by atoms with Crippen LogP contribution >= 0.6 is 0 Å². The summed E-state index contributed by atoms with van der Waals surface area (Å²) in [5, 5.41) is 0. The van der Waals surface area contributed by atoms with Gasteiger partial charge in [-0.15, -0.1) is 0 Å². The van der Waals surface area contributed by atoms with Gasteiger partial charge in [-0.1, -0.05) is 12.1 Å². The molecular weight excluding hydrogens is 386 g/mol. The van der Waals surface area contributed by atoms with E-state index in [0.717, 1.165) is 81.3 Å². The fourth-order valence-corrected chi connectivity index (χ4v) is 5.49. The maximum atomic E-state index is 12.2. The van der Waals surface area contributed by atoms with Gasteiger partial charge in [-0.2, -0.15) is 0 Å². The lowest BCUT2D eigenvalue weighted by atomic mass is 9.95. The highest BCUT2D eigenvalue weighted by atomic mass is 16.2. The minimum Gasteiger partial charge on any atom is -0.371 e. The summed E-state index contributed by atoms with van der Waals surface area (Å²) in [5.41, 5.74) is 6.49. The Kier molecular flexibility index (Phi) is 5.42. The van der Waals surface area contributed by atoms with Crippen LogP contribution in [0, 0.1) is 6.92 Å². The summed E-state index contributed by atoms with van der Waals surface area (Å²) in [4.78, 5) is 28.7. The van der Waals surface area contributed by atoms with Crippen molar-refractivity contribution in [2.24, 2.45) is 0 Å². The molecule has 0 spiro atoms. The number of hydrogen-bond acceptors (Lipinski definition) is 5. The molecule has 0 bridgehead atoms. The lowest BCUT2D eigenvalue weighted by Crippen LogP contribution is -2.36. The van der Waals surface area contributed by atoms with E-state index in [-0.39, 0.29) is 5.91 Å². The normalized spacial score (nSPS) is 21.4. The second-order valence-corrected chi connectivity index (χ2v) is 9.29. The van der Waals surface area contributed by atoms with E-state index in [9.17, 15) is 4.79 Å². The van der Waals surface area contributed by atoms with Gasteiger partial charge >= 0.3 is 0 Å². The third kappa shape index (κ3) is 3.82. The van der Waals surface area contributed by atoms with Crippen molar-refractivity contribution in [3.63, 3.8) is 0 Å². The molecule has 1 aromatic carbocycles. The summed E-state index contributed by atoms with van der Waals surface area (Å²) in [6.07, 6.45) is 4.75. The van der Waals surface area contributed by atoms with Crippen molar-refractivity contribution in [3.05, 3.63) is 46.4 Å². The monoisotopic (exact) mass is 419 g/mol. The first-order valence-corrected chi connectivity index (χ1v) is 11.8. The smallest absolute Gasteiger partial charge is 0.228 e. The van der Waals surface area contributed by atoms with Crippen LogP contribution in [0.3, 0.4) is 0 Å². The van der Waals surface area contributed by atoms with Gasteiger partial charge in [0.1, 0.15) is 11.6 Å². The quantitative estimate of drug-likeness (QED) is 0.760. The molecule has 164 valence electrons. The molecular formula is C25H33N5O. The Labute approximate surface area is 185 Å². The van der Waals surface area contributed by atoms with E-state index in [1.165, 1.54) is 16.8 Å². The van der Waals surface area contributed by atoms with Gasteiger partial charge < -0.3 is 4.90 Å². The van der Waals surface area contributed by atoms with Crippen molar-refractivity contribution in [3.8, 4) is 0 Å². The van der Waals surface area contributed by atoms with Crippen molar-refractivity contribution in [2.45, 2.75) is 58.4 Å². The topological polar surface area (TPSA) is 52.6 Å². The second kappa shape index (κ2) is 8.23. The number of carbonyl (C=O) groups excluding carboxylic acids is 1. The number of piperidine rings is 1. The molecule has 3 aliphatic heterocycles. The van der Waals surface area contributed by atoms with Gasteiger partial charge in [-0.3, -0.25) is 14.6 Å². The first kappa shape index (κ1) is 20.4. The number of aryl methyl sites for hydroxylation is 1. The molecule has 1 aromatic heterocycles. The molecule has 6 heteroatoms. The van der Waals surface area contributed by atoms with Crippen LogP contribution in [-0.4, -0.2) is 54.0 Å². The van der Waals surface area contributed by atoms with E-state index in [4.69, 9.17) is 9.97 Å². The molecule has 2 aromatic rings. The molecule has 1 fully saturated rings. The van der Waals surface area contributed by atoms with E-state index < -0.39 is 0 Å². The molecule has 6 nitrogen and oxygen atoms in total. The molecule has 1 amide bonds. The maximum Gasteiger partial charge on any atom is 0.228 e. The van der Waals surface area contributed by atoms with Gasteiger partial charge in [0.15, 0.2) is 0 Å². The second-order valence-electron chi connectivity index (χ2n) is 9.29. The molecule has 31 heavy (non-hydrogen) atoms. The highest BCUT2D eigenvalue weighted by molar-refractivity contribution is 5.94. The van der Waals surface area contributed by atoms with Crippen LogP contribution in [0.4, 0.5) is 11.5 Å². The summed E-state index contributed by atoms with van der Waals surface area (Å²) < 4.78 is 0. The van der Waals surface area contributed by atoms with Crippen LogP contribution in [0.5, 0.6) is 0 Å². The van der Waals surface area contributed by atoms with E-state index >= 15 is 0 Å². The Morgan fingerprint density at radius 2 is 2.00 bits per heavy atom. The average Bonchev–Trinajstić information content (AvgIpc) is 3.19. The number of amides is 1. The van der Waals surface area contributed by atoms with Gasteiger partial charge in [0, 0.05) is 62.5 Å².